The van der Waals surface area contributed by atoms with Gasteiger partial charge in [-0.05, 0) is 42.2 Å². The third-order valence-corrected chi connectivity index (χ3v) is 5.32. The molecular formula is C20H22N2O2. The number of fused-ring (bicyclic) bond motifs is 3. The molecule has 2 heterocycles. The Hall–Kier alpha value is -2.33. The zero-order valence-electron chi connectivity index (χ0n) is 14.0. The average Bonchev–Trinajstić information content (AvgIpc) is 3.05. The second kappa shape index (κ2) is 5.64. The summed E-state index contributed by atoms with van der Waals surface area (Å²) in [5.74, 6) is 0.418. The summed E-state index contributed by atoms with van der Waals surface area (Å²) >= 11 is 0. The van der Waals surface area contributed by atoms with Crippen LogP contribution in [-0.2, 0) is 6.42 Å². The van der Waals surface area contributed by atoms with Gasteiger partial charge >= 0.3 is 0 Å². The topological polar surface area (TPSA) is 52.6 Å². The normalized spacial score (nSPS) is 22.4. The predicted molar refractivity (Wildman–Crippen MR) is 94.9 cm³/mol. The van der Waals surface area contributed by atoms with E-state index in [0.29, 0.717) is 5.69 Å². The number of hydrogen-bond acceptors (Lipinski definition) is 3. The minimum Gasteiger partial charge on any atom is -0.506 e. The Labute approximate surface area is 142 Å². The van der Waals surface area contributed by atoms with Gasteiger partial charge < -0.3 is 10.4 Å². The van der Waals surface area contributed by atoms with Gasteiger partial charge in [-0.15, -0.1) is 0 Å². The van der Waals surface area contributed by atoms with E-state index in [2.05, 4.69) is 24.4 Å². The van der Waals surface area contributed by atoms with E-state index in [4.69, 9.17) is 0 Å². The van der Waals surface area contributed by atoms with Crippen molar-refractivity contribution < 1.29 is 9.90 Å². The van der Waals surface area contributed by atoms with Crippen molar-refractivity contribution in [1.82, 2.24) is 5.32 Å². The van der Waals surface area contributed by atoms with Crippen LogP contribution in [-0.4, -0.2) is 30.1 Å². The summed E-state index contributed by atoms with van der Waals surface area (Å²) in [5, 5.41) is 13.7. The SMILES string of the molecule is CCc1cc(C)c2c(c1)[C@@H]1CNC[C@H]1N(c1ccccc1O)C2=O. The maximum atomic E-state index is 13.3. The van der Waals surface area contributed by atoms with Crippen LogP contribution in [0.25, 0.3) is 0 Å². The number of aryl methyl sites for hydroxylation is 2. The molecule has 0 saturated carbocycles. The molecule has 4 heteroatoms. The van der Waals surface area contributed by atoms with Crippen molar-refractivity contribution in [3.63, 3.8) is 0 Å². The molecule has 2 aromatic rings. The summed E-state index contributed by atoms with van der Waals surface area (Å²) in [4.78, 5) is 15.1. The standard InChI is InChI=1S/C20H22N2O2/c1-3-13-8-12(2)19-14(9-13)15-10-21-11-17(15)22(20(19)24)16-6-4-5-7-18(16)23/h4-9,15,17,21,23H,3,10-11H2,1-2H3/t15-,17+/m0/s1. The quantitative estimate of drug-likeness (QED) is 0.894. The smallest absolute Gasteiger partial charge is 0.259 e. The van der Waals surface area contributed by atoms with E-state index in [-0.39, 0.29) is 23.6 Å². The molecule has 0 unspecified atom stereocenters. The Morgan fingerprint density at radius 2 is 2.04 bits per heavy atom. The highest BCUT2D eigenvalue weighted by molar-refractivity contribution is 6.10. The molecule has 24 heavy (non-hydrogen) atoms. The number of rotatable bonds is 2. The van der Waals surface area contributed by atoms with Crippen LogP contribution in [0.3, 0.4) is 0 Å². The van der Waals surface area contributed by atoms with E-state index >= 15 is 0 Å². The number of nitrogens with zero attached hydrogens (tertiary/aromatic N) is 1. The number of carbonyl (C=O) groups is 1. The van der Waals surface area contributed by atoms with E-state index in [0.717, 1.165) is 30.6 Å². The summed E-state index contributed by atoms with van der Waals surface area (Å²) in [5.41, 5.74) is 4.88. The summed E-state index contributed by atoms with van der Waals surface area (Å²) in [7, 11) is 0. The van der Waals surface area contributed by atoms with Gasteiger partial charge in [-0.1, -0.05) is 31.2 Å². The van der Waals surface area contributed by atoms with Gasteiger partial charge in [0.05, 0.1) is 11.7 Å². The number of carbonyl (C=O) groups excluding carboxylic acids is 1. The molecule has 2 aliphatic rings. The van der Waals surface area contributed by atoms with E-state index in [1.165, 1.54) is 11.1 Å². The first-order valence-electron chi connectivity index (χ1n) is 8.57. The number of aromatic hydroxyl groups is 1. The van der Waals surface area contributed by atoms with E-state index in [1.807, 2.05) is 19.1 Å². The molecule has 0 radical (unpaired) electrons. The maximum Gasteiger partial charge on any atom is 0.259 e. The highest BCUT2D eigenvalue weighted by atomic mass is 16.3. The second-order valence-electron chi connectivity index (χ2n) is 6.73. The first-order valence-corrected chi connectivity index (χ1v) is 8.57. The lowest BCUT2D eigenvalue weighted by atomic mass is 9.81. The van der Waals surface area contributed by atoms with Crippen LogP contribution in [0, 0.1) is 6.92 Å². The Morgan fingerprint density at radius 3 is 2.79 bits per heavy atom. The monoisotopic (exact) mass is 322 g/mol. The third kappa shape index (κ3) is 2.13. The molecule has 2 aliphatic heterocycles. The van der Waals surface area contributed by atoms with Crippen LogP contribution in [0.5, 0.6) is 5.75 Å². The van der Waals surface area contributed by atoms with Gasteiger partial charge in [0.15, 0.2) is 0 Å². The molecule has 2 atom stereocenters. The van der Waals surface area contributed by atoms with Gasteiger partial charge in [0.2, 0.25) is 0 Å². The lowest BCUT2D eigenvalue weighted by Gasteiger charge is -2.39. The third-order valence-electron chi connectivity index (χ3n) is 5.32. The first kappa shape index (κ1) is 15.2. The molecule has 124 valence electrons. The van der Waals surface area contributed by atoms with Crippen molar-refractivity contribution in [1.29, 1.82) is 0 Å². The molecule has 2 aromatic carbocycles. The number of amides is 1. The van der Waals surface area contributed by atoms with Gasteiger partial charge in [-0.3, -0.25) is 9.69 Å². The summed E-state index contributed by atoms with van der Waals surface area (Å²) in [6.45, 7) is 5.77. The fourth-order valence-electron chi connectivity index (χ4n) is 4.16. The number of hydrogen-bond donors (Lipinski definition) is 2. The predicted octanol–water partition coefficient (Wildman–Crippen LogP) is 2.98. The maximum absolute atomic E-state index is 13.3. The molecule has 1 saturated heterocycles. The van der Waals surface area contributed by atoms with E-state index in [1.54, 1.807) is 17.0 Å². The molecule has 2 N–H and O–H groups in total. The number of nitrogens with one attached hydrogen (secondary N) is 1. The van der Waals surface area contributed by atoms with Gasteiger partial charge in [0.25, 0.3) is 5.91 Å². The number of phenols is 1. The molecule has 4 rings (SSSR count). The van der Waals surface area contributed by atoms with Crippen LogP contribution < -0.4 is 10.2 Å². The van der Waals surface area contributed by atoms with Crippen LogP contribution in [0.15, 0.2) is 36.4 Å². The minimum absolute atomic E-state index is 0.00315. The van der Waals surface area contributed by atoms with Crippen molar-refractivity contribution in [2.24, 2.45) is 0 Å². The fourth-order valence-corrected chi connectivity index (χ4v) is 4.16. The second-order valence-corrected chi connectivity index (χ2v) is 6.73. The van der Waals surface area contributed by atoms with Crippen LogP contribution in [0.1, 0.15) is 39.9 Å². The average molecular weight is 322 g/mol. The lowest BCUT2D eigenvalue weighted by Crippen LogP contribution is -2.48. The van der Waals surface area contributed by atoms with Gasteiger partial charge in [0.1, 0.15) is 5.75 Å². The summed E-state index contributed by atoms with van der Waals surface area (Å²) in [6, 6.07) is 11.5. The van der Waals surface area contributed by atoms with Gasteiger partial charge in [-0.25, -0.2) is 0 Å². The van der Waals surface area contributed by atoms with Crippen molar-refractivity contribution in [2.45, 2.75) is 32.2 Å². The number of anilines is 1. The van der Waals surface area contributed by atoms with Crippen molar-refractivity contribution in [3.8, 4) is 5.75 Å². The Kier molecular flexibility index (Phi) is 3.57. The van der Waals surface area contributed by atoms with Crippen LogP contribution >= 0.6 is 0 Å². The van der Waals surface area contributed by atoms with Crippen molar-refractivity contribution in [2.75, 3.05) is 18.0 Å². The fraction of sp³-hybridized carbons (Fsp3) is 0.350. The molecule has 0 spiro atoms. The van der Waals surface area contributed by atoms with Gasteiger partial charge in [-0.2, -0.15) is 0 Å². The highest BCUT2D eigenvalue weighted by Gasteiger charge is 2.44. The Bertz CT molecular complexity index is 815. The Balaban J connectivity index is 1.91. The number of benzene rings is 2. The zero-order chi connectivity index (χ0) is 16.8. The minimum atomic E-state index is -0.00315. The number of phenolic OH excluding ortho intramolecular Hbond substituents is 1. The van der Waals surface area contributed by atoms with Crippen LogP contribution in [0.4, 0.5) is 5.69 Å². The summed E-state index contributed by atoms with van der Waals surface area (Å²) in [6.07, 6.45) is 0.969. The molecule has 0 aliphatic carbocycles. The van der Waals surface area contributed by atoms with E-state index in [9.17, 15) is 9.90 Å². The summed E-state index contributed by atoms with van der Waals surface area (Å²) < 4.78 is 0. The zero-order valence-corrected chi connectivity index (χ0v) is 14.0. The van der Waals surface area contributed by atoms with Crippen molar-refractivity contribution >= 4 is 11.6 Å². The van der Waals surface area contributed by atoms with Gasteiger partial charge in [0, 0.05) is 24.6 Å². The Morgan fingerprint density at radius 1 is 1.25 bits per heavy atom. The largest absolute Gasteiger partial charge is 0.506 e. The first-order chi connectivity index (χ1) is 11.6. The van der Waals surface area contributed by atoms with E-state index < -0.39 is 0 Å². The molecule has 1 fully saturated rings. The van der Waals surface area contributed by atoms with Crippen LogP contribution in [0.2, 0.25) is 0 Å². The molecule has 0 bridgehead atoms. The molecule has 1 amide bonds. The molecule has 4 nitrogen and oxygen atoms in total. The molecule has 0 aromatic heterocycles. The molecular weight excluding hydrogens is 300 g/mol. The van der Waals surface area contributed by atoms with Crippen molar-refractivity contribution in [3.05, 3.63) is 58.7 Å². The number of para-hydroxylation sites is 2. The lowest BCUT2D eigenvalue weighted by molar-refractivity contribution is 0.0964. The highest BCUT2D eigenvalue weighted by Crippen LogP contribution is 2.42.